The second-order valence-electron chi connectivity index (χ2n) is 4.56. The summed E-state index contributed by atoms with van der Waals surface area (Å²) < 4.78 is 27.6. The summed E-state index contributed by atoms with van der Waals surface area (Å²) in [6, 6.07) is 3.12. The fourth-order valence-corrected chi connectivity index (χ4v) is 5.17. The summed E-state index contributed by atoms with van der Waals surface area (Å²) in [5.41, 5.74) is 7.28. The minimum atomic E-state index is -3.76. The summed E-state index contributed by atoms with van der Waals surface area (Å²) in [6.07, 6.45) is 0. The molecule has 2 rings (SSSR count). The number of hydrogen-bond acceptors (Lipinski definition) is 4. The third-order valence-corrected chi connectivity index (χ3v) is 6.51. The first-order valence-corrected chi connectivity index (χ1v) is 9.13. The zero-order valence-electron chi connectivity index (χ0n) is 11.4. The standard InChI is InChI=1S/C13H14Cl2N2O2S2/c1-7-3-10(15)11(4-9(7)14)17-21(18,19)13-8(2)6-20-12(13)5-16/h3-4,6,17H,5,16H2,1-2H3. The van der Waals surface area contributed by atoms with Gasteiger partial charge in [-0.1, -0.05) is 23.2 Å². The summed E-state index contributed by atoms with van der Waals surface area (Å²) in [7, 11) is -3.76. The Hall–Kier alpha value is -0.790. The number of halogens is 2. The van der Waals surface area contributed by atoms with Gasteiger partial charge in [0, 0.05) is 16.4 Å². The number of nitrogens with one attached hydrogen (secondary N) is 1. The maximum atomic E-state index is 12.5. The van der Waals surface area contributed by atoms with Crippen molar-refractivity contribution in [3.8, 4) is 0 Å². The molecule has 0 saturated heterocycles. The predicted molar refractivity (Wildman–Crippen MR) is 89.0 cm³/mol. The van der Waals surface area contributed by atoms with Crippen molar-refractivity contribution in [2.75, 3.05) is 4.72 Å². The second-order valence-corrected chi connectivity index (χ2v) is 7.96. The van der Waals surface area contributed by atoms with Crippen molar-refractivity contribution in [3.63, 3.8) is 0 Å². The molecule has 0 radical (unpaired) electrons. The van der Waals surface area contributed by atoms with Crippen LogP contribution in [0.3, 0.4) is 0 Å². The van der Waals surface area contributed by atoms with E-state index in [0.717, 1.165) is 5.56 Å². The minimum Gasteiger partial charge on any atom is -0.326 e. The number of hydrogen-bond donors (Lipinski definition) is 2. The van der Waals surface area contributed by atoms with E-state index >= 15 is 0 Å². The number of aryl methyl sites for hydroxylation is 2. The highest BCUT2D eigenvalue weighted by Gasteiger charge is 2.23. The van der Waals surface area contributed by atoms with E-state index in [-0.39, 0.29) is 17.1 Å². The summed E-state index contributed by atoms with van der Waals surface area (Å²) in [5.74, 6) is 0. The van der Waals surface area contributed by atoms with Crippen LogP contribution in [0.15, 0.2) is 22.4 Å². The van der Waals surface area contributed by atoms with E-state index < -0.39 is 10.0 Å². The number of nitrogens with two attached hydrogens (primary N) is 1. The smallest absolute Gasteiger partial charge is 0.263 e. The average molecular weight is 365 g/mol. The van der Waals surface area contributed by atoms with Crippen LogP contribution in [-0.4, -0.2) is 8.42 Å². The van der Waals surface area contributed by atoms with Gasteiger partial charge < -0.3 is 5.73 Å². The fourth-order valence-electron chi connectivity index (χ4n) is 1.91. The highest BCUT2D eigenvalue weighted by molar-refractivity contribution is 7.93. The molecule has 0 fully saturated rings. The Balaban J connectivity index is 2.47. The maximum absolute atomic E-state index is 12.5. The van der Waals surface area contributed by atoms with Crippen molar-refractivity contribution in [2.45, 2.75) is 25.3 Å². The molecule has 1 aromatic heterocycles. The molecule has 0 bridgehead atoms. The van der Waals surface area contributed by atoms with Crippen molar-refractivity contribution < 1.29 is 8.42 Å². The van der Waals surface area contributed by atoms with E-state index in [4.69, 9.17) is 28.9 Å². The molecule has 4 nitrogen and oxygen atoms in total. The van der Waals surface area contributed by atoms with Crippen LogP contribution < -0.4 is 10.5 Å². The number of anilines is 1. The number of sulfonamides is 1. The second kappa shape index (κ2) is 6.14. The molecule has 8 heteroatoms. The summed E-state index contributed by atoms with van der Waals surface area (Å²) in [5, 5.41) is 2.50. The number of thiophene rings is 1. The first kappa shape index (κ1) is 16.6. The Bertz CT molecular complexity index is 786. The Morgan fingerprint density at radius 2 is 1.86 bits per heavy atom. The molecule has 0 aliphatic heterocycles. The maximum Gasteiger partial charge on any atom is 0.263 e. The lowest BCUT2D eigenvalue weighted by atomic mass is 10.2. The highest BCUT2D eigenvalue weighted by atomic mass is 35.5. The molecule has 0 aliphatic rings. The first-order chi connectivity index (χ1) is 9.76. The van der Waals surface area contributed by atoms with Crippen molar-refractivity contribution >= 4 is 50.2 Å². The fraction of sp³-hybridized carbons (Fsp3) is 0.231. The third-order valence-electron chi connectivity index (χ3n) is 2.94. The molecule has 1 aromatic carbocycles. The van der Waals surface area contributed by atoms with E-state index in [9.17, 15) is 8.42 Å². The van der Waals surface area contributed by atoms with Crippen LogP contribution in [-0.2, 0) is 16.6 Å². The predicted octanol–water partition coefficient (Wildman–Crippen LogP) is 3.93. The molecular formula is C13H14Cl2N2O2S2. The molecule has 0 atom stereocenters. The minimum absolute atomic E-state index is 0.164. The van der Waals surface area contributed by atoms with Crippen LogP contribution in [0.4, 0.5) is 5.69 Å². The van der Waals surface area contributed by atoms with Crippen molar-refractivity contribution in [1.29, 1.82) is 0 Å². The van der Waals surface area contributed by atoms with E-state index in [1.165, 1.54) is 17.4 Å². The zero-order valence-corrected chi connectivity index (χ0v) is 14.6. The largest absolute Gasteiger partial charge is 0.326 e. The van der Waals surface area contributed by atoms with Crippen LogP contribution in [0.5, 0.6) is 0 Å². The lowest BCUT2D eigenvalue weighted by molar-refractivity contribution is 0.600. The Morgan fingerprint density at radius 1 is 1.19 bits per heavy atom. The van der Waals surface area contributed by atoms with Gasteiger partial charge in [-0.3, -0.25) is 4.72 Å². The highest BCUT2D eigenvalue weighted by Crippen LogP contribution is 2.33. The van der Waals surface area contributed by atoms with Gasteiger partial charge in [-0.2, -0.15) is 0 Å². The lowest BCUT2D eigenvalue weighted by Gasteiger charge is -2.12. The van der Waals surface area contributed by atoms with Gasteiger partial charge in [0.25, 0.3) is 10.0 Å². The molecule has 114 valence electrons. The molecule has 0 saturated carbocycles. The van der Waals surface area contributed by atoms with Crippen molar-refractivity contribution in [1.82, 2.24) is 0 Å². The van der Waals surface area contributed by atoms with Gasteiger partial charge in [-0.05, 0) is 42.5 Å². The molecule has 1 heterocycles. The van der Waals surface area contributed by atoms with Crippen LogP contribution in [0, 0.1) is 13.8 Å². The van der Waals surface area contributed by atoms with Gasteiger partial charge in [0.15, 0.2) is 0 Å². The SMILES string of the molecule is Cc1cc(Cl)c(NS(=O)(=O)c2c(C)csc2CN)cc1Cl. The van der Waals surface area contributed by atoms with Crippen molar-refractivity contribution in [3.05, 3.63) is 43.6 Å². The summed E-state index contributed by atoms with van der Waals surface area (Å²) >= 11 is 13.4. The van der Waals surface area contributed by atoms with Gasteiger partial charge >= 0.3 is 0 Å². The van der Waals surface area contributed by atoms with E-state index in [2.05, 4.69) is 4.72 Å². The average Bonchev–Trinajstić information content (AvgIpc) is 2.77. The van der Waals surface area contributed by atoms with Crippen LogP contribution >= 0.6 is 34.5 Å². The molecule has 0 amide bonds. The molecule has 3 N–H and O–H groups in total. The van der Waals surface area contributed by atoms with Crippen LogP contribution in [0.1, 0.15) is 16.0 Å². The number of rotatable bonds is 4. The van der Waals surface area contributed by atoms with E-state index in [0.29, 0.717) is 20.5 Å². The molecule has 2 aromatic rings. The monoisotopic (exact) mass is 364 g/mol. The van der Waals surface area contributed by atoms with Gasteiger partial charge in [0.05, 0.1) is 10.7 Å². The Labute approximate surface area is 137 Å². The topological polar surface area (TPSA) is 72.2 Å². The zero-order chi connectivity index (χ0) is 15.8. The summed E-state index contributed by atoms with van der Waals surface area (Å²) in [4.78, 5) is 0.817. The molecular weight excluding hydrogens is 351 g/mol. The Kier molecular flexibility index (Phi) is 4.85. The van der Waals surface area contributed by atoms with Crippen LogP contribution in [0.25, 0.3) is 0 Å². The van der Waals surface area contributed by atoms with Gasteiger partial charge in [-0.25, -0.2) is 8.42 Å². The van der Waals surface area contributed by atoms with Gasteiger partial charge in [0.1, 0.15) is 4.90 Å². The molecule has 0 unspecified atom stereocenters. The summed E-state index contributed by atoms with van der Waals surface area (Å²) in [6.45, 7) is 3.69. The van der Waals surface area contributed by atoms with E-state index in [1.807, 2.05) is 0 Å². The van der Waals surface area contributed by atoms with Gasteiger partial charge in [-0.15, -0.1) is 11.3 Å². The van der Waals surface area contributed by atoms with Crippen LogP contribution in [0.2, 0.25) is 10.0 Å². The Morgan fingerprint density at radius 3 is 2.48 bits per heavy atom. The van der Waals surface area contributed by atoms with E-state index in [1.54, 1.807) is 25.3 Å². The normalized spacial score (nSPS) is 11.7. The van der Waals surface area contributed by atoms with Gasteiger partial charge in [0.2, 0.25) is 0 Å². The number of benzene rings is 1. The first-order valence-electron chi connectivity index (χ1n) is 6.01. The molecule has 0 aliphatic carbocycles. The molecule has 21 heavy (non-hydrogen) atoms. The quantitative estimate of drug-likeness (QED) is 0.862. The molecule has 0 spiro atoms. The third kappa shape index (κ3) is 3.35. The lowest BCUT2D eigenvalue weighted by Crippen LogP contribution is -2.16. The van der Waals surface area contributed by atoms with Crippen molar-refractivity contribution in [2.24, 2.45) is 5.73 Å².